The lowest BCUT2D eigenvalue weighted by Gasteiger charge is -2.32. The molecule has 0 aliphatic heterocycles. The average Bonchev–Trinajstić information content (AvgIpc) is 2.58. The molecule has 1 aromatic carbocycles. The van der Waals surface area contributed by atoms with Gasteiger partial charge in [-0.25, -0.2) is 4.79 Å². The van der Waals surface area contributed by atoms with Gasteiger partial charge < -0.3 is 15.8 Å². The monoisotopic (exact) mass is 349 g/mol. The van der Waals surface area contributed by atoms with Crippen molar-refractivity contribution in [1.29, 1.82) is 5.26 Å². The number of amides is 1. The molecule has 7 heteroatoms. The Bertz CT molecular complexity index is 678. The first-order valence-electron chi connectivity index (χ1n) is 7.86. The largest absolute Gasteiger partial charge is 0.449 e. The number of nitrogens with two attached hydrogens (primary N) is 1. The van der Waals surface area contributed by atoms with Crippen LogP contribution in [0.2, 0.25) is 5.02 Å². The van der Waals surface area contributed by atoms with Gasteiger partial charge in [0, 0.05) is 0 Å². The fourth-order valence-electron chi connectivity index (χ4n) is 2.71. The molecule has 3 N–H and O–H groups in total. The van der Waals surface area contributed by atoms with Crippen LogP contribution in [0.5, 0.6) is 0 Å². The highest BCUT2D eigenvalue weighted by atomic mass is 35.5. The first-order chi connectivity index (χ1) is 11.4. The number of esters is 1. The maximum atomic E-state index is 12.3. The summed E-state index contributed by atoms with van der Waals surface area (Å²) in [6, 6.07) is 6.56. The molecule has 0 saturated heterocycles. The van der Waals surface area contributed by atoms with E-state index in [9.17, 15) is 14.9 Å². The van der Waals surface area contributed by atoms with Gasteiger partial charge in [0.25, 0.3) is 5.91 Å². The number of carbonyl (C=O) groups is 2. The predicted molar refractivity (Wildman–Crippen MR) is 90.3 cm³/mol. The van der Waals surface area contributed by atoms with Gasteiger partial charge in [0.05, 0.1) is 22.3 Å². The van der Waals surface area contributed by atoms with Crippen molar-refractivity contribution in [3.8, 4) is 6.07 Å². The summed E-state index contributed by atoms with van der Waals surface area (Å²) in [6.07, 6.45) is 3.06. The molecule has 0 unspecified atom stereocenters. The van der Waals surface area contributed by atoms with Crippen molar-refractivity contribution in [1.82, 2.24) is 5.32 Å². The van der Waals surface area contributed by atoms with Gasteiger partial charge in [0.1, 0.15) is 5.54 Å². The van der Waals surface area contributed by atoms with E-state index in [1.165, 1.54) is 25.1 Å². The second kappa shape index (κ2) is 7.54. The number of nitrogen functional groups attached to an aromatic ring is 1. The van der Waals surface area contributed by atoms with Crippen molar-refractivity contribution in [2.24, 2.45) is 0 Å². The van der Waals surface area contributed by atoms with Crippen LogP contribution in [0.25, 0.3) is 0 Å². The molecular formula is C17H20ClN3O3. The van der Waals surface area contributed by atoms with Crippen molar-refractivity contribution >= 4 is 29.2 Å². The number of anilines is 1. The molecule has 128 valence electrons. The van der Waals surface area contributed by atoms with E-state index in [0.717, 1.165) is 19.3 Å². The first-order valence-corrected chi connectivity index (χ1v) is 8.24. The minimum Gasteiger partial charge on any atom is -0.449 e. The molecule has 2 rings (SSSR count). The highest BCUT2D eigenvalue weighted by molar-refractivity contribution is 6.33. The molecule has 0 radical (unpaired) electrons. The number of hydrogen-bond donors (Lipinski definition) is 2. The van der Waals surface area contributed by atoms with Gasteiger partial charge >= 0.3 is 5.97 Å². The molecule has 1 atom stereocenters. The van der Waals surface area contributed by atoms with Crippen LogP contribution in [0.3, 0.4) is 0 Å². The Balaban J connectivity index is 1.99. The van der Waals surface area contributed by atoms with Crippen LogP contribution in [0.1, 0.15) is 49.4 Å². The molecule has 0 aromatic heterocycles. The Kier molecular flexibility index (Phi) is 5.68. The third kappa shape index (κ3) is 4.18. The molecule has 1 fully saturated rings. The van der Waals surface area contributed by atoms with E-state index in [0.29, 0.717) is 17.9 Å². The van der Waals surface area contributed by atoms with Crippen molar-refractivity contribution < 1.29 is 14.3 Å². The summed E-state index contributed by atoms with van der Waals surface area (Å²) >= 11 is 5.81. The molecule has 0 spiro atoms. The van der Waals surface area contributed by atoms with E-state index >= 15 is 0 Å². The fourth-order valence-corrected chi connectivity index (χ4v) is 2.83. The first kappa shape index (κ1) is 18.1. The van der Waals surface area contributed by atoms with E-state index in [1.54, 1.807) is 0 Å². The molecule has 0 heterocycles. The summed E-state index contributed by atoms with van der Waals surface area (Å²) in [4.78, 5) is 24.4. The van der Waals surface area contributed by atoms with E-state index in [1.807, 2.05) is 0 Å². The second-order valence-corrected chi connectivity index (χ2v) is 6.43. The van der Waals surface area contributed by atoms with Crippen LogP contribution < -0.4 is 11.1 Å². The Hall–Kier alpha value is -2.26. The minimum atomic E-state index is -1.01. The Morgan fingerprint density at radius 1 is 1.38 bits per heavy atom. The van der Waals surface area contributed by atoms with Gasteiger partial charge in [0.2, 0.25) is 0 Å². The summed E-state index contributed by atoms with van der Waals surface area (Å²) < 4.78 is 5.17. The fraction of sp³-hybridized carbons (Fsp3) is 0.471. The normalized spacial score (nSPS) is 17.4. The van der Waals surface area contributed by atoms with Crippen LogP contribution in [0.15, 0.2) is 18.2 Å². The van der Waals surface area contributed by atoms with Crippen LogP contribution in [0.4, 0.5) is 5.69 Å². The number of hydrogen-bond acceptors (Lipinski definition) is 5. The minimum absolute atomic E-state index is 0.212. The molecule has 1 amide bonds. The average molecular weight is 350 g/mol. The van der Waals surface area contributed by atoms with E-state index in [4.69, 9.17) is 22.1 Å². The van der Waals surface area contributed by atoms with Gasteiger partial charge in [0.15, 0.2) is 6.10 Å². The number of carbonyl (C=O) groups excluding carboxylic acids is 2. The van der Waals surface area contributed by atoms with E-state index in [-0.39, 0.29) is 11.3 Å². The molecular weight excluding hydrogens is 330 g/mol. The molecule has 6 nitrogen and oxygen atoms in total. The summed E-state index contributed by atoms with van der Waals surface area (Å²) in [5, 5.41) is 12.5. The zero-order valence-electron chi connectivity index (χ0n) is 13.5. The number of nitriles is 1. The molecule has 1 aliphatic rings. The number of rotatable bonds is 4. The van der Waals surface area contributed by atoms with E-state index in [2.05, 4.69) is 11.4 Å². The number of nitrogens with one attached hydrogen (secondary N) is 1. The quantitative estimate of drug-likeness (QED) is 0.642. The van der Waals surface area contributed by atoms with E-state index < -0.39 is 23.5 Å². The maximum Gasteiger partial charge on any atom is 0.338 e. The lowest BCUT2D eigenvalue weighted by Crippen LogP contribution is -2.52. The smallest absolute Gasteiger partial charge is 0.338 e. The van der Waals surface area contributed by atoms with Gasteiger partial charge in [-0.3, -0.25) is 4.79 Å². The van der Waals surface area contributed by atoms with Crippen LogP contribution >= 0.6 is 11.6 Å². The zero-order chi connectivity index (χ0) is 17.7. The molecule has 1 aliphatic carbocycles. The predicted octanol–water partition coefficient (Wildman–Crippen LogP) is 2.81. The number of benzene rings is 1. The van der Waals surface area contributed by atoms with Gasteiger partial charge in [-0.1, -0.05) is 30.9 Å². The Labute approximate surface area is 145 Å². The number of ether oxygens (including phenoxy) is 1. The standard InChI is InChI=1S/C17H20ClN3O3/c1-11(15(22)21-17(10-19)7-3-2-4-8-17)24-16(23)12-5-6-13(18)14(20)9-12/h5-6,9,11H,2-4,7-8,20H2,1H3,(H,21,22)/t11-/m1/s1. The molecule has 1 aromatic rings. The summed E-state index contributed by atoms with van der Waals surface area (Å²) in [7, 11) is 0. The van der Waals surface area contributed by atoms with Crippen molar-refractivity contribution in [2.45, 2.75) is 50.7 Å². The lowest BCUT2D eigenvalue weighted by molar-refractivity contribution is -0.130. The van der Waals surface area contributed by atoms with Crippen LogP contribution in [-0.4, -0.2) is 23.5 Å². The second-order valence-electron chi connectivity index (χ2n) is 6.03. The zero-order valence-corrected chi connectivity index (χ0v) is 14.2. The highest BCUT2D eigenvalue weighted by Crippen LogP contribution is 2.27. The van der Waals surface area contributed by atoms with Crippen molar-refractivity contribution in [2.75, 3.05) is 5.73 Å². The van der Waals surface area contributed by atoms with Crippen LogP contribution in [-0.2, 0) is 9.53 Å². The van der Waals surface area contributed by atoms with Crippen molar-refractivity contribution in [3.63, 3.8) is 0 Å². The molecule has 24 heavy (non-hydrogen) atoms. The van der Waals surface area contributed by atoms with Gasteiger partial charge in [-0.2, -0.15) is 5.26 Å². The lowest BCUT2D eigenvalue weighted by atomic mass is 9.83. The summed E-state index contributed by atoms with van der Waals surface area (Å²) in [6.45, 7) is 1.47. The number of nitrogens with zero attached hydrogens (tertiary/aromatic N) is 1. The Morgan fingerprint density at radius 2 is 2.04 bits per heavy atom. The van der Waals surface area contributed by atoms with Crippen LogP contribution in [0, 0.1) is 11.3 Å². The SMILES string of the molecule is C[C@@H](OC(=O)c1ccc(Cl)c(N)c1)C(=O)NC1(C#N)CCCCC1. The molecule has 1 saturated carbocycles. The summed E-state index contributed by atoms with van der Waals surface area (Å²) in [5.41, 5.74) is 5.26. The third-order valence-corrected chi connectivity index (χ3v) is 4.51. The Morgan fingerprint density at radius 3 is 2.62 bits per heavy atom. The van der Waals surface area contributed by atoms with Gasteiger partial charge in [-0.15, -0.1) is 0 Å². The highest BCUT2D eigenvalue weighted by Gasteiger charge is 2.35. The topological polar surface area (TPSA) is 105 Å². The molecule has 0 bridgehead atoms. The summed E-state index contributed by atoms with van der Waals surface area (Å²) in [5.74, 6) is -1.15. The van der Waals surface area contributed by atoms with Gasteiger partial charge in [-0.05, 0) is 38.0 Å². The maximum absolute atomic E-state index is 12.3. The third-order valence-electron chi connectivity index (χ3n) is 4.17. The number of halogens is 1. The van der Waals surface area contributed by atoms with Crippen molar-refractivity contribution in [3.05, 3.63) is 28.8 Å².